The van der Waals surface area contributed by atoms with Gasteiger partial charge in [0.1, 0.15) is 12.2 Å². The van der Waals surface area contributed by atoms with Crippen molar-refractivity contribution < 1.29 is 19.1 Å². The zero-order valence-corrected chi connectivity index (χ0v) is 15.4. The molecule has 1 heterocycles. The van der Waals surface area contributed by atoms with Gasteiger partial charge >= 0.3 is 11.9 Å². The summed E-state index contributed by atoms with van der Waals surface area (Å²) >= 11 is 0. The minimum atomic E-state index is -0.439. The van der Waals surface area contributed by atoms with Crippen molar-refractivity contribution in [1.29, 1.82) is 0 Å². The minimum Gasteiger partial charge on any atom is -0.458 e. The molecule has 2 aliphatic rings. The molecule has 5 heteroatoms. The first-order valence-corrected chi connectivity index (χ1v) is 8.65. The Morgan fingerprint density at radius 2 is 1.88 bits per heavy atom. The topological polar surface area (TPSA) is 55.8 Å². The fourth-order valence-corrected chi connectivity index (χ4v) is 3.63. The van der Waals surface area contributed by atoms with E-state index in [1.54, 1.807) is 0 Å². The SMILES string of the molecule is CC(=O)OC1/C=C(\C)CCC/C(C)=C/[C@H]2OC(=O)C(CN(C)C)C12. The Balaban J connectivity index is 2.43. The summed E-state index contributed by atoms with van der Waals surface area (Å²) < 4.78 is 11.3. The Hall–Kier alpha value is -1.62. The normalized spacial score (nSPS) is 35.3. The van der Waals surface area contributed by atoms with E-state index in [9.17, 15) is 9.59 Å². The maximum atomic E-state index is 12.5. The molecule has 0 N–H and O–H groups in total. The number of fused-ring (bicyclic) bond motifs is 1. The average molecular weight is 335 g/mol. The lowest BCUT2D eigenvalue weighted by Crippen LogP contribution is -2.39. The maximum Gasteiger partial charge on any atom is 0.311 e. The van der Waals surface area contributed by atoms with Crippen LogP contribution in [0, 0.1) is 11.8 Å². The lowest BCUT2D eigenvalue weighted by atomic mass is 9.82. The van der Waals surface area contributed by atoms with Gasteiger partial charge in [0.2, 0.25) is 0 Å². The van der Waals surface area contributed by atoms with E-state index >= 15 is 0 Å². The predicted molar refractivity (Wildman–Crippen MR) is 92.3 cm³/mol. The lowest BCUT2D eigenvalue weighted by Gasteiger charge is -2.28. The van der Waals surface area contributed by atoms with Gasteiger partial charge in [0.15, 0.2) is 0 Å². The molecule has 1 aliphatic heterocycles. The number of esters is 2. The van der Waals surface area contributed by atoms with Crippen LogP contribution in [0.25, 0.3) is 0 Å². The molecule has 0 saturated carbocycles. The molecule has 4 atom stereocenters. The fourth-order valence-electron chi connectivity index (χ4n) is 3.63. The van der Waals surface area contributed by atoms with Gasteiger partial charge in [-0.1, -0.05) is 11.1 Å². The summed E-state index contributed by atoms with van der Waals surface area (Å²) in [6.45, 7) is 6.13. The number of rotatable bonds is 3. The van der Waals surface area contributed by atoms with Crippen LogP contribution in [0.1, 0.15) is 40.0 Å². The van der Waals surface area contributed by atoms with Crippen LogP contribution in [0.3, 0.4) is 0 Å². The second-order valence-corrected chi connectivity index (χ2v) is 7.30. The number of hydrogen-bond donors (Lipinski definition) is 0. The van der Waals surface area contributed by atoms with E-state index in [0.717, 1.165) is 19.3 Å². The predicted octanol–water partition coefficient (Wildman–Crippen LogP) is 2.71. The second-order valence-electron chi connectivity index (χ2n) is 7.30. The van der Waals surface area contributed by atoms with Crippen LogP contribution in [0.4, 0.5) is 0 Å². The Bertz CT molecular complexity index is 550. The van der Waals surface area contributed by atoms with Crippen molar-refractivity contribution in [3.05, 3.63) is 23.3 Å². The summed E-state index contributed by atoms with van der Waals surface area (Å²) in [4.78, 5) is 26.1. The van der Waals surface area contributed by atoms with Crippen molar-refractivity contribution in [2.24, 2.45) is 11.8 Å². The molecule has 1 aliphatic carbocycles. The molecule has 3 unspecified atom stereocenters. The van der Waals surface area contributed by atoms with E-state index < -0.39 is 6.10 Å². The molecular weight excluding hydrogens is 306 g/mol. The van der Waals surface area contributed by atoms with Crippen molar-refractivity contribution in [1.82, 2.24) is 4.90 Å². The average Bonchev–Trinajstić information content (AvgIpc) is 2.72. The van der Waals surface area contributed by atoms with Crippen LogP contribution in [-0.4, -0.2) is 49.7 Å². The molecule has 0 amide bonds. The summed E-state index contributed by atoms with van der Waals surface area (Å²) in [5.41, 5.74) is 2.41. The summed E-state index contributed by atoms with van der Waals surface area (Å²) in [6, 6.07) is 0. The number of carbonyl (C=O) groups is 2. The standard InChI is InChI=1S/C19H29NO4/c1-12-7-6-8-13(2)10-17-18(16(9-12)23-14(3)21)15(11-20(4)5)19(22)24-17/h9-10,15-18H,6-8,11H2,1-5H3/b12-9+,13-10+/t15?,16?,17-,18?/m1/s1. The number of nitrogens with zero attached hydrogens (tertiary/aromatic N) is 1. The van der Waals surface area contributed by atoms with Crippen LogP contribution in [0.2, 0.25) is 0 Å². The van der Waals surface area contributed by atoms with Gasteiger partial charge in [-0.2, -0.15) is 0 Å². The quantitative estimate of drug-likeness (QED) is 0.586. The Morgan fingerprint density at radius 3 is 2.46 bits per heavy atom. The Labute approximate surface area is 144 Å². The zero-order chi connectivity index (χ0) is 17.9. The van der Waals surface area contributed by atoms with E-state index in [4.69, 9.17) is 9.47 Å². The van der Waals surface area contributed by atoms with Crippen LogP contribution in [0.5, 0.6) is 0 Å². The van der Waals surface area contributed by atoms with Crippen LogP contribution in [-0.2, 0) is 19.1 Å². The number of hydrogen-bond acceptors (Lipinski definition) is 5. The van der Waals surface area contributed by atoms with Gasteiger partial charge < -0.3 is 14.4 Å². The summed E-state index contributed by atoms with van der Waals surface area (Å²) in [6.07, 6.45) is 6.28. The minimum absolute atomic E-state index is 0.188. The molecule has 134 valence electrons. The Morgan fingerprint density at radius 1 is 1.25 bits per heavy atom. The molecule has 0 aromatic rings. The van der Waals surface area contributed by atoms with E-state index in [1.165, 1.54) is 18.1 Å². The van der Waals surface area contributed by atoms with Crippen molar-refractivity contribution in [2.45, 2.75) is 52.2 Å². The van der Waals surface area contributed by atoms with Crippen molar-refractivity contribution in [2.75, 3.05) is 20.6 Å². The highest BCUT2D eigenvalue weighted by atomic mass is 16.6. The molecule has 0 spiro atoms. The zero-order valence-electron chi connectivity index (χ0n) is 15.4. The molecule has 0 aromatic heterocycles. The van der Waals surface area contributed by atoms with Gasteiger partial charge in [-0.15, -0.1) is 0 Å². The highest BCUT2D eigenvalue weighted by Gasteiger charge is 2.48. The summed E-state index contributed by atoms with van der Waals surface area (Å²) in [5, 5.41) is 0. The first-order chi connectivity index (χ1) is 11.3. The van der Waals surface area contributed by atoms with Crippen molar-refractivity contribution in [3.63, 3.8) is 0 Å². The highest BCUT2D eigenvalue weighted by molar-refractivity contribution is 5.76. The third-order valence-corrected chi connectivity index (χ3v) is 4.68. The van der Waals surface area contributed by atoms with Crippen LogP contribution in [0.15, 0.2) is 23.3 Å². The smallest absolute Gasteiger partial charge is 0.311 e. The van der Waals surface area contributed by atoms with E-state index in [2.05, 4.69) is 13.8 Å². The number of ether oxygens (including phenoxy) is 2. The maximum absolute atomic E-state index is 12.5. The molecule has 0 radical (unpaired) electrons. The van der Waals surface area contributed by atoms with E-state index in [0.29, 0.717) is 6.54 Å². The largest absolute Gasteiger partial charge is 0.458 e. The molecule has 2 rings (SSSR count). The molecule has 1 fully saturated rings. The van der Waals surface area contributed by atoms with Crippen LogP contribution < -0.4 is 0 Å². The van der Waals surface area contributed by atoms with Gasteiger partial charge in [-0.05, 0) is 59.4 Å². The van der Waals surface area contributed by atoms with Gasteiger partial charge in [0.05, 0.1) is 11.8 Å². The van der Waals surface area contributed by atoms with Crippen molar-refractivity contribution >= 4 is 11.9 Å². The third kappa shape index (κ3) is 4.69. The highest BCUT2D eigenvalue weighted by Crippen LogP contribution is 2.36. The molecule has 0 aromatic carbocycles. The first kappa shape index (κ1) is 18.7. The Kier molecular flexibility index (Phi) is 6.21. The first-order valence-electron chi connectivity index (χ1n) is 8.65. The molecule has 24 heavy (non-hydrogen) atoms. The van der Waals surface area contributed by atoms with Gasteiger partial charge in [0.25, 0.3) is 0 Å². The van der Waals surface area contributed by atoms with E-state index in [1.807, 2.05) is 31.1 Å². The monoisotopic (exact) mass is 335 g/mol. The van der Waals surface area contributed by atoms with Crippen LogP contribution >= 0.6 is 0 Å². The molecular formula is C19H29NO4. The van der Waals surface area contributed by atoms with Crippen molar-refractivity contribution in [3.8, 4) is 0 Å². The summed E-state index contributed by atoms with van der Waals surface area (Å²) in [5.74, 6) is -1.03. The fraction of sp³-hybridized carbons (Fsp3) is 0.684. The molecule has 1 saturated heterocycles. The number of carbonyl (C=O) groups excluding carboxylic acids is 2. The van der Waals surface area contributed by atoms with Gasteiger partial charge in [-0.25, -0.2) is 0 Å². The van der Waals surface area contributed by atoms with E-state index in [-0.39, 0.29) is 29.9 Å². The lowest BCUT2D eigenvalue weighted by molar-refractivity contribution is -0.147. The molecule has 5 nitrogen and oxygen atoms in total. The third-order valence-electron chi connectivity index (χ3n) is 4.68. The van der Waals surface area contributed by atoms with Gasteiger partial charge in [0, 0.05) is 13.5 Å². The molecule has 0 bridgehead atoms. The summed E-state index contributed by atoms with van der Waals surface area (Å²) in [7, 11) is 3.87. The van der Waals surface area contributed by atoms with Gasteiger partial charge in [-0.3, -0.25) is 9.59 Å². The second kappa shape index (κ2) is 7.97. The number of allylic oxidation sites excluding steroid dienone is 2.